The van der Waals surface area contributed by atoms with Gasteiger partial charge >= 0.3 is 5.69 Å². The normalized spacial score (nSPS) is 12.9. The molecule has 2 heterocycles. The SMILES string of the molecule is CCN(CC)CCNc1nc2c(c(=O)[nH]c(=O)n2C)n1C[C@@H](C)O. The van der Waals surface area contributed by atoms with Gasteiger partial charge in [-0.3, -0.25) is 14.3 Å². The second kappa shape index (κ2) is 7.63. The zero-order chi connectivity index (χ0) is 17.9. The van der Waals surface area contributed by atoms with Crippen LogP contribution in [-0.2, 0) is 13.6 Å². The van der Waals surface area contributed by atoms with Crippen LogP contribution in [0.2, 0.25) is 0 Å². The van der Waals surface area contributed by atoms with Crippen molar-refractivity contribution < 1.29 is 5.11 Å². The summed E-state index contributed by atoms with van der Waals surface area (Å²) in [6.45, 7) is 9.44. The van der Waals surface area contributed by atoms with Gasteiger partial charge in [0.1, 0.15) is 0 Å². The summed E-state index contributed by atoms with van der Waals surface area (Å²) in [6.07, 6.45) is -0.651. The predicted molar refractivity (Wildman–Crippen MR) is 93.6 cm³/mol. The topological polar surface area (TPSA) is 108 Å². The monoisotopic (exact) mass is 338 g/mol. The van der Waals surface area contributed by atoms with Crippen LogP contribution in [-0.4, -0.2) is 61.4 Å². The van der Waals surface area contributed by atoms with E-state index >= 15 is 0 Å². The summed E-state index contributed by atoms with van der Waals surface area (Å²) in [5, 5.41) is 13.0. The van der Waals surface area contributed by atoms with Crippen LogP contribution in [0.15, 0.2) is 9.59 Å². The van der Waals surface area contributed by atoms with Crippen molar-refractivity contribution in [2.45, 2.75) is 33.4 Å². The lowest BCUT2D eigenvalue weighted by Crippen LogP contribution is -2.30. The molecule has 2 aromatic heterocycles. The van der Waals surface area contributed by atoms with Crippen LogP contribution in [0.25, 0.3) is 11.2 Å². The van der Waals surface area contributed by atoms with Crippen LogP contribution >= 0.6 is 0 Å². The standard InChI is InChI=1S/C15H26N6O3/c1-5-20(6-2)8-7-16-14-17-12-11(21(14)9-10(3)22)13(23)18-15(24)19(12)4/h10,22H,5-9H2,1-4H3,(H,16,17)(H,18,23,24)/t10-/m1/s1. The van der Waals surface area contributed by atoms with Crippen molar-refractivity contribution in [3.63, 3.8) is 0 Å². The van der Waals surface area contributed by atoms with Gasteiger partial charge in [-0.05, 0) is 20.0 Å². The third kappa shape index (κ3) is 3.68. The number of fused-ring (bicyclic) bond motifs is 1. The Morgan fingerprint density at radius 2 is 2.00 bits per heavy atom. The number of aromatic amines is 1. The van der Waals surface area contributed by atoms with Crippen LogP contribution in [0.1, 0.15) is 20.8 Å². The minimum atomic E-state index is -0.651. The van der Waals surface area contributed by atoms with Gasteiger partial charge in [-0.1, -0.05) is 13.8 Å². The Bertz CT molecular complexity index is 800. The molecule has 2 aromatic rings. The first-order chi connectivity index (χ1) is 11.4. The number of likely N-dealkylation sites (N-methyl/N-ethyl adjacent to an activating group) is 1. The molecule has 24 heavy (non-hydrogen) atoms. The number of nitrogens with one attached hydrogen (secondary N) is 2. The highest BCUT2D eigenvalue weighted by Gasteiger charge is 2.18. The third-order valence-corrected chi connectivity index (χ3v) is 4.06. The van der Waals surface area contributed by atoms with E-state index < -0.39 is 17.4 Å². The molecule has 9 heteroatoms. The quantitative estimate of drug-likeness (QED) is 0.602. The fourth-order valence-corrected chi connectivity index (χ4v) is 2.68. The zero-order valence-corrected chi connectivity index (χ0v) is 14.7. The predicted octanol–water partition coefficient (Wildman–Crippen LogP) is -0.442. The maximum atomic E-state index is 12.2. The highest BCUT2D eigenvalue weighted by atomic mass is 16.3. The molecule has 2 rings (SSSR count). The molecule has 0 fully saturated rings. The smallest absolute Gasteiger partial charge is 0.329 e. The molecular formula is C15H26N6O3. The molecule has 0 radical (unpaired) electrons. The average molecular weight is 338 g/mol. The average Bonchev–Trinajstić information content (AvgIpc) is 2.88. The summed E-state index contributed by atoms with van der Waals surface area (Å²) >= 11 is 0. The van der Waals surface area contributed by atoms with Gasteiger partial charge < -0.3 is 19.9 Å². The fraction of sp³-hybridized carbons (Fsp3) is 0.667. The number of aliphatic hydroxyl groups is 1. The Labute approximate surface area is 139 Å². The summed E-state index contributed by atoms with van der Waals surface area (Å²) in [4.78, 5) is 32.9. The fourth-order valence-electron chi connectivity index (χ4n) is 2.68. The number of hydrogen-bond donors (Lipinski definition) is 3. The first-order valence-corrected chi connectivity index (χ1v) is 8.22. The van der Waals surface area contributed by atoms with Crippen LogP contribution < -0.4 is 16.6 Å². The van der Waals surface area contributed by atoms with Gasteiger partial charge in [0.25, 0.3) is 5.56 Å². The van der Waals surface area contributed by atoms with Gasteiger partial charge in [0.05, 0.1) is 12.6 Å². The molecule has 0 aliphatic rings. The van der Waals surface area contributed by atoms with Crippen molar-refractivity contribution in [1.29, 1.82) is 0 Å². The first-order valence-electron chi connectivity index (χ1n) is 8.22. The van der Waals surface area contributed by atoms with Gasteiger partial charge in [-0.25, -0.2) is 4.79 Å². The van der Waals surface area contributed by atoms with Gasteiger partial charge in [0, 0.05) is 20.1 Å². The van der Waals surface area contributed by atoms with E-state index in [0.717, 1.165) is 19.6 Å². The molecule has 9 nitrogen and oxygen atoms in total. The maximum Gasteiger partial charge on any atom is 0.329 e. The van der Waals surface area contributed by atoms with Crippen LogP contribution in [0.4, 0.5) is 5.95 Å². The summed E-state index contributed by atoms with van der Waals surface area (Å²) in [6, 6.07) is 0. The number of aliphatic hydroxyl groups excluding tert-OH is 1. The van der Waals surface area contributed by atoms with E-state index in [1.54, 1.807) is 18.5 Å². The largest absolute Gasteiger partial charge is 0.392 e. The van der Waals surface area contributed by atoms with Crippen molar-refractivity contribution in [2.24, 2.45) is 7.05 Å². The van der Waals surface area contributed by atoms with Crippen LogP contribution in [0.3, 0.4) is 0 Å². The molecule has 0 aliphatic carbocycles. The molecule has 0 spiro atoms. The molecule has 0 unspecified atom stereocenters. The molecule has 3 N–H and O–H groups in total. The Kier molecular flexibility index (Phi) is 5.79. The van der Waals surface area contributed by atoms with E-state index in [0.29, 0.717) is 18.1 Å². The zero-order valence-electron chi connectivity index (χ0n) is 14.7. The van der Waals surface area contributed by atoms with E-state index in [1.165, 1.54) is 4.57 Å². The molecule has 0 bridgehead atoms. The van der Waals surface area contributed by atoms with Gasteiger partial charge in [-0.15, -0.1) is 0 Å². The van der Waals surface area contributed by atoms with Gasteiger partial charge in [-0.2, -0.15) is 4.98 Å². The summed E-state index contributed by atoms with van der Waals surface area (Å²) in [5.74, 6) is 0.477. The number of hydrogen-bond acceptors (Lipinski definition) is 6. The first kappa shape index (κ1) is 18.2. The second-order valence-corrected chi connectivity index (χ2v) is 5.84. The van der Waals surface area contributed by atoms with Crippen LogP contribution in [0.5, 0.6) is 0 Å². The Morgan fingerprint density at radius 1 is 1.33 bits per heavy atom. The number of aromatic nitrogens is 4. The molecule has 0 saturated carbocycles. The maximum absolute atomic E-state index is 12.2. The van der Waals surface area contributed by atoms with Crippen molar-refractivity contribution in [2.75, 3.05) is 31.5 Å². The number of nitrogens with zero attached hydrogens (tertiary/aromatic N) is 4. The third-order valence-electron chi connectivity index (χ3n) is 4.06. The summed E-state index contributed by atoms with van der Waals surface area (Å²) < 4.78 is 2.92. The molecule has 0 saturated heterocycles. The second-order valence-electron chi connectivity index (χ2n) is 5.84. The van der Waals surface area contributed by atoms with E-state index in [-0.39, 0.29) is 12.1 Å². The minimum Gasteiger partial charge on any atom is -0.392 e. The summed E-state index contributed by atoms with van der Waals surface area (Å²) in [7, 11) is 1.56. The Morgan fingerprint density at radius 3 is 2.58 bits per heavy atom. The van der Waals surface area contributed by atoms with E-state index in [9.17, 15) is 14.7 Å². The lowest BCUT2D eigenvalue weighted by atomic mass is 10.4. The van der Waals surface area contributed by atoms with E-state index in [2.05, 4.69) is 34.0 Å². The van der Waals surface area contributed by atoms with Crippen molar-refractivity contribution in [1.82, 2.24) is 24.0 Å². The van der Waals surface area contributed by atoms with E-state index in [4.69, 9.17) is 0 Å². The van der Waals surface area contributed by atoms with Gasteiger partial charge in [0.15, 0.2) is 11.2 Å². The van der Waals surface area contributed by atoms with Crippen molar-refractivity contribution in [3.8, 4) is 0 Å². The molecule has 0 aromatic carbocycles. The highest BCUT2D eigenvalue weighted by molar-refractivity contribution is 5.74. The lowest BCUT2D eigenvalue weighted by molar-refractivity contribution is 0.175. The number of imidazole rings is 1. The van der Waals surface area contributed by atoms with E-state index in [1.807, 2.05) is 0 Å². The number of anilines is 1. The lowest BCUT2D eigenvalue weighted by Gasteiger charge is -2.18. The number of H-pyrrole nitrogens is 1. The van der Waals surface area contributed by atoms with Gasteiger partial charge in [0.2, 0.25) is 5.95 Å². The molecule has 0 amide bonds. The minimum absolute atomic E-state index is 0.214. The Balaban J connectivity index is 2.41. The number of rotatable bonds is 8. The van der Waals surface area contributed by atoms with Crippen LogP contribution in [0, 0.1) is 0 Å². The Hall–Kier alpha value is -2.13. The highest BCUT2D eigenvalue weighted by Crippen LogP contribution is 2.15. The molecule has 134 valence electrons. The molecule has 1 atom stereocenters. The molecular weight excluding hydrogens is 312 g/mol. The van der Waals surface area contributed by atoms with Crippen molar-refractivity contribution in [3.05, 3.63) is 20.8 Å². The van der Waals surface area contributed by atoms with Crippen molar-refractivity contribution >= 4 is 17.1 Å². The number of aryl methyl sites for hydroxylation is 1. The summed E-state index contributed by atoms with van der Waals surface area (Å²) in [5.41, 5.74) is -0.431. The molecule has 0 aliphatic heterocycles.